The van der Waals surface area contributed by atoms with Gasteiger partial charge in [-0.05, 0) is 12.5 Å². The van der Waals surface area contributed by atoms with E-state index in [2.05, 4.69) is 0 Å². The van der Waals surface area contributed by atoms with Gasteiger partial charge in [0.2, 0.25) is 14.9 Å². The van der Waals surface area contributed by atoms with Gasteiger partial charge >= 0.3 is 5.69 Å². The largest absolute Gasteiger partial charge is 0.493 e. The number of nitrogens with zero attached hydrogens (tertiary/aromatic N) is 1. The zero-order valence-electron chi connectivity index (χ0n) is 9.01. The number of ether oxygens (including phenoxy) is 1. The van der Waals surface area contributed by atoms with Gasteiger partial charge in [0, 0.05) is 22.8 Å². The second kappa shape index (κ2) is 5.96. The number of benzene rings is 1. The lowest BCUT2D eigenvalue weighted by molar-refractivity contribution is -0.387. The van der Waals surface area contributed by atoms with Crippen molar-refractivity contribution in [2.24, 2.45) is 0 Å². The van der Waals surface area contributed by atoms with Crippen LogP contribution in [0.15, 0.2) is 18.2 Å². The van der Waals surface area contributed by atoms with Crippen molar-refractivity contribution >= 4 is 25.4 Å². The Balaban J connectivity index is 2.54. The van der Waals surface area contributed by atoms with E-state index in [1.807, 2.05) is 0 Å². The monoisotopic (exact) mass is 297 g/mol. The maximum absolute atomic E-state index is 13.2. The lowest BCUT2D eigenvalue weighted by Gasteiger charge is -2.05. The SMILES string of the molecule is O=[N+]([O-])c1ccc(OCCCS(=O)(=O)Cl)cc1F. The molecule has 0 fully saturated rings. The quantitative estimate of drug-likeness (QED) is 0.347. The molecule has 0 heterocycles. The molecule has 9 heteroatoms. The Bertz CT molecular complexity index is 548. The Morgan fingerprint density at radius 2 is 2.11 bits per heavy atom. The highest BCUT2D eigenvalue weighted by atomic mass is 35.7. The Morgan fingerprint density at radius 3 is 2.61 bits per heavy atom. The van der Waals surface area contributed by atoms with Gasteiger partial charge in [-0.25, -0.2) is 8.42 Å². The average Bonchev–Trinajstić information content (AvgIpc) is 2.22. The Hall–Kier alpha value is -1.41. The maximum Gasteiger partial charge on any atom is 0.305 e. The van der Waals surface area contributed by atoms with Crippen molar-refractivity contribution in [2.45, 2.75) is 6.42 Å². The van der Waals surface area contributed by atoms with Gasteiger partial charge in [-0.2, -0.15) is 4.39 Å². The molecule has 1 aromatic rings. The fourth-order valence-electron chi connectivity index (χ4n) is 1.15. The molecule has 0 aliphatic rings. The van der Waals surface area contributed by atoms with Crippen LogP contribution in [-0.2, 0) is 9.05 Å². The van der Waals surface area contributed by atoms with E-state index in [0.29, 0.717) is 0 Å². The van der Waals surface area contributed by atoms with Crippen molar-refractivity contribution < 1.29 is 22.5 Å². The number of nitro groups is 1. The van der Waals surface area contributed by atoms with E-state index in [1.165, 1.54) is 6.07 Å². The summed E-state index contributed by atoms with van der Waals surface area (Å²) in [5.74, 6) is -1.18. The van der Waals surface area contributed by atoms with Crippen molar-refractivity contribution in [2.75, 3.05) is 12.4 Å². The van der Waals surface area contributed by atoms with Crippen molar-refractivity contribution in [3.05, 3.63) is 34.1 Å². The molecular weight excluding hydrogens is 289 g/mol. The molecule has 0 atom stereocenters. The van der Waals surface area contributed by atoms with Crippen LogP contribution >= 0.6 is 10.7 Å². The first-order valence-electron chi connectivity index (χ1n) is 4.78. The van der Waals surface area contributed by atoms with E-state index in [1.54, 1.807) is 0 Å². The zero-order valence-corrected chi connectivity index (χ0v) is 10.6. The molecule has 0 aliphatic carbocycles. The lowest BCUT2D eigenvalue weighted by Crippen LogP contribution is -2.05. The van der Waals surface area contributed by atoms with E-state index in [-0.39, 0.29) is 24.5 Å². The van der Waals surface area contributed by atoms with Crippen molar-refractivity contribution in [3.8, 4) is 5.75 Å². The lowest BCUT2D eigenvalue weighted by atomic mass is 10.3. The summed E-state index contributed by atoms with van der Waals surface area (Å²) in [6, 6.07) is 3.08. The first-order chi connectivity index (χ1) is 8.29. The summed E-state index contributed by atoms with van der Waals surface area (Å²) in [5.41, 5.74) is -0.648. The molecule has 0 bridgehead atoms. The molecule has 1 aromatic carbocycles. The molecule has 100 valence electrons. The normalized spacial score (nSPS) is 11.2. The first-order valence-corrected chi connectivity index (χ1v) is 7.26. The molecular formula is C9H9ClFNO5S. The topological polar surface area (TPSA) is 86.5 Å². The minimum atomic E-state index is -3.58. The Labute approximate surface area is 107 Å². The molecule has 0 radical (unpaired) electrons. The third kappa shape index (κ3) is 4.84. The van der Waals surface area contributed by atoms with E-state index in [9.17, 15) is 22.9 Å². The smallest absolute Gasteiger partial charge is 0.305 e. The summed E-state index contributed by atoms with van der Waals surface area (Å²) >= 11 is 0. The van der Waals surface area contributed by atoms with E-state index in [4.69, 9.17) is 15.4 Å². The van der Waals surface area contributed by atoms with Crippen molar-refractivity contribution in [1.82, 2.24) is 0 Å². The van der Waals surface area contributed by atoms with Gasteiger partial charge in [-0.3, -0.25) is 10.1 Å². The highest BCUT2D eigenvalue weighted by Crippen LogP contribution is 2.22. The number of hydrogen-bond donors (Lipinski definition) is 0. The Kier molecular flexibility index (Phi) is 4.85. The molecule has 0 amide bonds. The summed E-state index contributed by atoms with van der Waals surface area (Å²) in [5, 5.41) is 10.3. The minimum absolute atomic E-state index is 0.0171. The van der Waals surface area contributed by atoms with Gasteiger partial charge in [0.25, 0.3) is 0 Å². The summed E-state index contributed by atoms with van der Waals surface area (Å²) in [4.78, 5) is 9.50. The fourth-order valence-corrected chi connectivity index (χ4v) is 1.94. The zero-order chi connectivity index (χ0) is 13.8. The molecule has 0 unspecified atom stereocenters. The second-order valence-corrected chi connectivity index (χ2v) is 6.21. The highest BCUT2D eigenvalue weighted by molar-refractivity contribution is 8.13. The predicted octanol–water partition coefficient (Wildman–Crippen LogP) is 2.07. The molecule has 0 aliphatic heterocycles. The van der Waals surface area contributed by atoms with E-state index >= 15 is 0 Å². The number of rotatable bonds is 6. The van der Waals surface area contributed by atoms with E-state index in [0.717, 1.165) is 12.1 Å². The van der Waals surface area contributed by atoms with Crippen molar-refractivity contribution in [3.63, 3.8) is 0 Å². The van der Waals surface area contributed by atoms with Crippen LogP contribution in [0.2, 0.25) is 0 Å². The van der Waals surface area contributed by atoms with Crippen LogP contribution in [0.3, 0.4) is 0 Å². The molecule has 0 saturated heterocycles. The van der Waals surface area contributed by atoms with Crippen LogP contribution in [0, 0.1) is 15.9 Å². The molecule has 6 nitrogen and oxygen atoms in total. The predicted molar refractivity (Wildman–Crippen MR) is 62.8 cm³/mol. The maximum atomic E-state index is 13.2. The summed E-state index contributed by atoms with van der Waals surface area (Å²) < 4.78 is 39.4. The summed E-state index contributed by atoms with van der Waals surface area (Å²) in [6.07, 6.45) is 0.143. The molecule has 18 heavy (non-hydrogen) atoms. The standard InChI is InChI=1S/C9H9ClFNO5S/c10-18(15,16)5-1-4-17-7-2-3-9(12(13)14)8(11)6-7/h2-3,6H,1,4-5H2. The summed E-state index contributed by atoms with van der Waals surface area (Å²) in [7, 11) is 1.40. The third-order valence-electron chi connectivity index (χ3n) is 1.92. The van der Waals surface area contributed by atoms with Gasteiger partial charge in [0.15, 0.2) is 0 Å². The van der Waals surface area contributed by atoms with Gasteiger partial charge in [-0.1, -0.05) is 0 Å². The van der Waals surface area contributed by atoms with Crippen LogP contribution in [0.1, 0.15) is 6.42 Å². The highest BCUT2D eigenvalue weighted by Gasteiger charge is 2.14. The first kappa shape index (κ1) is 14.7. The molecule has 0 N–H and O–H groups in total. The van der Waals surface area contributed by atoms with Crippen LogP contribution < -0.4 is 4.74 Å². The number of halogens is 2. The summed E-state index contributed by atoms with van der Waals surface area (Å²) in [6.45, 7) is 0.0171. The van der Waals surface area contributed by atoms with Crippen LogP contribution in [-0.4, -0.2) is 25.7 Å². The minimum Gasteiger partial charge on any atom is -0.493 e. The van der Waals surface area contributed by atoms with Crippen LogP contribution in [0.5, 0.6) is 5.75 Å². The third-order valence-corrected chi connectivity index (χ3v) is 3.16. The van der Waals surface area contributed by atoms with Gasteiger partial charge in [-0.15, -0.1) is 0 Å². The number of nitro benzene ring substituents is 1. The van der Waals surface area contributed by atoms with Crippen LogP contribution in [0.25, 0.3) is 0 Å². The van der Waals surface area contributed by atoms with Gasteiger partial charge in [0.1, 0.15) is 5.75 Å². The number of hydrogen-bond acceptors (Lipinski definition) is 5. The van der Waals surface area contributed by atoms with Crippen LogP contribution in [0.4, 0.5) is 10.1 Å². The molecule has 0 aromatic heterocycles. The van der Waals surface area contributed by atoms with Gasteiger partial charge in [0.05, 0.1) is 17.3 Å². The molecule has 0 spiro atoms. The second-order valence-electron chi connectivity index (χ2n) is 3.32. The van der Waals surface area contributed by atoms with Crippen molar-refractivity contribution in [1.29, 1.82) is 0 Å². The molecule has 1 rings (SSSR count). The van der Waals surface area contributed by atoms with Gasteiger partial charge < -0.3 is 4.74 Å². The van der Waals surface area contributed by atoms with E-state index < -0.39 is 25.5 Å². The Morgan fingerprint density at radius 1 is 1.44 bits per heavy atom. The molecule has 0 saturated carbocycles. The fraction of sp³-hybridized carbons (Fsp3) is 0.333. The average molecular weight is 298 g/mol.